The highest BCUT2D eigenvalue weighted by molar-refractivity contribution is 8.27. The number of ether oxygens (including phenoxy) is 2. The van der Waals surface area contributed by atoms with Gasteiger partial charge in [-0.2, -0.15) is 0 Å². The van der Waals surface area contributed by atoms with Gasteiger partial charge in [-0.3, -0.25) is 9.69 Å². The zero-order valence-electron chi connectivity index (χ0n) is 22.4. The molecule has 0 aromatic heterocycles. The molecule has 0 atom stereocenters. The molecular weight excluding hydrogens is 562 g/mol. The Labute approximate surface area is 250 Å². The highest BCUT2D eigenvalue weighted by Gasteiger charge is 2.33. The minimum absolute atomic E-state index is 0.138. The largest absolute Gasteiger partial charge is 0.494 e. The van der Waals surface area contributed by atoms with Crippen molar-refractivity contribution in [3.05, 3.63) is 88.3 Å². The molecule has 2 saturated heterocycles. The van der Waals surface area contributed by atoms with Crippen LogP contribution in [-0.4, -0.2) is 66.4 Å². The van der Waals surface area contributed by atoms with Crippen LogP contribution in [0.4, 0.5) is 5.69 Å². The van der Waals surface area contributed by atoms with E-state index in [9.17, 15) is 4.79 Å². The van der Waals surface area contributed by atoms with E-state index in [1.807, 2.05) is 66.7 Å². The molecule has 1 amide bonds. The van der Waals surface area contributed by atoms with Crippen LogP contribution in [0.5, 0.6) is 17.2 Å². The molecule has 0 bridgehead atoms. The number of halogens is 1. The number of hydrogen-bond donors (Lipinski definition) is 0. The summed E-state index contributed by atoms with van der Waals surface area (Å²) in [6.07, 6.45) is 3.95. The van der Waals surface area contributed by atoms with E-state index in [-0.39, 0.29) is 5.91 Å². The van der Waals surface area contributed by atoms with Gasteiger partial charge in [0.05, 0.1) is 17.2 Å². The highest BCUT2D eigenvalue weighted by atomic mass is 35.5. The molecule has 208 valence electrons. The lowest BCUT2D eigenvalue weighted by Crippen LogP contribution is -2.44. The van der Waals surface area contributed by atoms with Gasteiger partial charge >= 0.3 is 0 Å². The summed E-state index contributed by atoms with van der Waals surface area (Å²) in [4.78, 5) is 20.3. The Morgan fingerprint density at radius 1 is 0.925 bits per heavy atom. The lowest BCUT2D eigenvalue weighted by molar-refractivity contribution is -0.113. The molecule has 0 spiro atoms. The minimum Gasteiger partial charge on any atom is -0.494 e. The first kappa shape index (κ1) is 28.6. The van der Waals surface area contributed by atoms with Gasteiger partial charge in [0, 0.05) is 37.3 Å². The van der Waals surface area contributed by atoms with Crippen LogP contribution in [0.15, 0.2) is 77.7 Å². The second-order valence-electron chi connectivity index (χ2n) is 9.84. The molecule has 6 nitrogen and oxygen atoms in total. The first-order valence-electron chi connectivity index (χ1n) is 13.4. The lowest BCUT2D eigenvalue weighted by Gasteiger charge is -2.32. The van der Waals surface area contributed by atoms with Gasteiger partial charge in [0.2, 0.25) is 0 Å². The van der Waals surface area contributed by atoms with Crippen molar-refractivity contribution in [3.8, 4) is 17.2 Å². The fourth-order valence-corrected chi connectivity index (χ4v) is 5.95. The maximum atomic E-state index is 13.3. The Kier molecular flexibility index (Phi) is 9.78. The number of piperazine rings is 1. The van der Waals surface area contributed by atoms with Crippen molar-refractivity contribution >= 4 is 57.6 Å². The van der Waals surface area contributed by atoms with Crippen molar-refractivity contribution in [3.63, 3.8) is 0 Å². The van der Waals surface area contributed by atoms with Gasteiger partial charge < -0.3 is 19.3 Å². The first-order valence-corrected chi connectivity index (χ1v) is 15.0. The number of hydrogen-bond acceptors (Lipinski definition) is 7. The molecule has 0 unspecified atom stereocenters. The van der Waals surface area contributed by atoms with E-state index in [4.69, 9.17) is 33.3 Å². The lowest BCUT2D eigenvalue weighted by atomic mass is 10.2. The van der Waals surface area contributed by atoms with Crippen LogP contribution >= 0.6 is 35.6 Å². The smallest absolute Gasteiger partial charge is 0.270 e. The topological polar surface area (TPSA) is 45.2 Å². The van der Waals surface area contributed by atoms with Gasteiger partial charge in [0.25, 0.3) is 5.91 Å². The number of rotatable bonds is 10. The Bertz CT molecular complexity index is 1360. The number of likely N-dealkylation sites (N-methyl/N-ethyl adjacent to an activating group) is 1. The number of carbonyl (C=O) groups excluding carboxylic acids is 1. The van der Waals surface area contributed by atoms with Crippen molar-refractivity contribution in [2.24, 2.45) is 0 Å². The van der Waals surface area contributed by atoms with Gasteiger partial charge in [0.15, 0.2) is 4.32 Å². The zero-order chi connectivity index (χ0) is 27.9. The van der Waals surface area contributed by atoms with Crippen molar-refractivity contribution in [1.29, 1.82) is 0 Å². The Morgan fingerprint density at radius 2 is 1.62 bits per heavy atom. The summed E-state index contributed by atoms with van der Waals surface area (Å²) >= 11 is 12.8. The Balaban J connectivity index is 1.14. The number of carbonyl (C=O) groups is 1. The number of thioether (sulfide) groups is 1. The zero-order valence-corrected chi connectivity index (χ0v) is 24.8. The summed E-state index contributed by atoms with van der Waals surface area (Å²) in [5, 5.41) is 0.659. The maximum absolute atomic E-state index is 13.3. The SMILES string of the molecule is CN1CCN(CCCCOc2cccc(N3C(=O)/C(=C/c4ccc(Oc5ccc(Cl)cc5)cc4)SC3=S)c2)CC1. The predicted octanol–water partition coefficient (Wildman–Crippen LogP) is 6.94. The van der Waals surface area contributed by atoms with Crippen LogP contribution in [0, 0.1) is 0 Å². The predicted molar refractivity (Wildman–Crippen MR) is 169 cm³/mol. The summed E-state index contributed by atoms with van der Waals surface area (Å²) in [6.45, 7) is 6.32. The third kappa shape index (κ3) is 7.65. The monoisotopic (exact) mass is 593 g/mol. The van der Waals surface area contributed by atoms with Crippen LogP contribution in [0.1, 0.15) is 18.4 Å². The number of thiocarbonyl (C=S) groups is 1. The molecule has 0 aliphatic carbocycles. The number of amides is 1. The molecule has 2 aliphatic heterocycles. The van der Waals surface area contributed by atoms with E-state index in [1.165, 1.54) is 11.8 Å². The first-order chi connectivity index (χ1) is 19.4. The number of benzene rings is 3. The average molecular weight is 594 g/mol. The fourth-order valence-electron chi connectivity index (χ4n) is 4.52. The molecule has 3 aromatic rings. The number of nitrogens with zero attached hydrogens (tertiary/aromatic N) is 3. The average Bonchev–Trinajstić information content (AvgIpc) is 3.24. The molecule has 0 N–H and O–H groups in total. The molecule has 9 heteroatoms. The van der Waals surface area contributed by atoms with Gasteiger partial charge in [-0.15, -0.1) is 0 Å². The minimum atomic E-state index is -0.138. The van der Waals surface area contributed by atoms with E-state index in [0.717, 1.165) is 56.9 Å². The summed E-state index contributed by atoms with van der Waals surface area (Å²) < 4.78 is 12.4. The van der Waals surface area contributed by atoms with Crippen molar-refractivity contribution in [2.75, 3.05) is 51.3 Å². The Morgan fingerprint density at radius 3 is 2.35 bits per heavy atom. The molecular formula is C31H32ClN3O3S2. The van der Waals surface area contributed by atoms with E-state index >= 15 is 0 Å². The van der Waals surface area contributed by atoms with Crippen LogP contribution in [-0.2, 0) is 4.79 Å². The van der Waals surface area contributed by atoms with Gasteiger partial charge in [-0.05, 0) is 86.6 Å². The normalized spacial score (nSPS) is 17.6. The van der Waals surface area contributed by atoms with Gasteiger partial charge in [-0.25, -0.2) is 0 Å². The molecule has 2 aliphatic rings. The molecule has 3 aromatic carbocycles. The highest BCUT2D eigenvalue weighted by Crippen LogP contribution is 2.37. The fraction of sp³-hybridized carbons (Fsp3) is 0.290. The molecule has 2 heterocycles. The van der Waals surface area contributed by atoms with Gasteiger partial charge in [0.1, 0.15) is 17.2 Å². The van der Waals surface area contributed by atoms with E-state index < -0.39 is 0 Å². The van der Waals surface area contributed by atoms with Gasteiger partial charge in [-0.1, -0.05) is 53.8 Å². The molecule has 40 heavy (non-hydrogen) atoms. The van der Waals surface area contributed by atoms with E-state index in [1.54, 1.807) is 17.0 Å². The summed E-state index contributed by atoms with van der Waals surface area (Å²) in [5.41, 5.74) is 1.60. The third-order valence-corrected chi connectivity index (χ3v) is 8.38. The quantitative estimate of drug-likeness (QED) is 0.143. The van der Waals surface area contributed by atoms with E-state index in [2.05, 4.69) is 16.8 Å². The standard InChI is InChI=1S/C31H32ClN3O3S2/c1-33-16-18-34(19-17-33)15-2-3-20-37-28-6-4-5-25(22-28)35-30(36)29(40-31(35)39)21-23-7-11-26(12-8-23)38-27-13-9-24(32)10-14-27/h4-14,21-22H,2-3,15-20H2,1H3/b29-21-. The Hall–Kier alpha value is -2.88. The van der Waals surface area contributed by atoms with E-state index in [0.29, 0.717) is 38.0 Å². The van der Waals surface area contributed by atoms with Crippen LogP contribution in [0.3, 0.4) is 0 Å². The van der Waals surface area contributed by atoms with Crippen LogP contribution in [0.25, 0.3) is 6.08 Å². The van der Waals surface area contributed by atoms with Crippen LogP contribution in [0.2, 0.25) is 5.02 Å². The summed E-state index contributed by atoms with van der Waals surface area (Å²) in [7, 11) is 2.18. The van der Waals surface area contributed by atoms with Crippen molar-refractivity contribution in [1.82, 2.24) is 9.80 Å². The molecule has 5 rings (SSSR count). The number of anilines is 1. The van der Waals surface area contributed by atoms with Crippen LogP contribution < -0.4 is 14.4 Å². The summed E-state index contributed by atoms with van der Waals surface area (Å²) in [6, 6.07) is 22.4. The summed E-state index contributed by atoms with van der Waals surface area (Å²) in [5.74, 6) is 2.00. The molecule has 2 fully saturated rings. The van der Waals surface area contributed by atoms with Crippen molar-refractivity contribution in [2.45, 2.75) is 12.8 Å². The third-order valence-electron chi connectivity index (χ3n) is 6.83. The molecule has 0 saturated carbocycles. The second-order valence-corrected chi connectivity index (χ2v) is 12.0. The number of unbranched alkanes of at least 4 members (excludes halogenated alkanes) is 1. The second kappa shape index (κ2) is 13.7. The maximum Gasteiger partial charge on any atom is 0.270 e. The van der Waals surface area contributed by atoms with Crippen molar-refractivity contribution < 1.29 is 14.3 Å². The molecule has 0 radical (unpaired) electrons.